The lowest BCUT2D eigenvalue weighted by atomic mass is 9.98. The molecule has 0 aliphatic rings. The molecule has 0 radical (unpaired) electrons. The van der Waals surface area contributed by atoms with Gasteiger partial charge in [-0.1, -0.05) is 242 Å². The number of likely N-dealkylation sites (N-methyl/N-ethyl adjacent to an activating group) is 4. The zero-order chi connectivity index (χ0) is 79.8. The number of rotatable bonds is 16. The van der Waals surface area contributed by atoms with Crippen LogP contribution in [-0.4, -0.2) is 73.6 Å². The van der Waals surface area contributed by atoms with Crippen LogP contribution in [0.15, 0.2) is 218 Å². The Kier molecular flexibility index (Phi) is 19.4. The molecule has 0 atom stereocenters. The highest BCUT2D eigenvalue weighted by Crippen LogP contribution is 2.24. The lowest BCUT2D eigenvalue weighted by molar-refractivity contribution is 0.365. The lowest BCUT2D eigenvalue weighted by Crippen LogP contribution is -2.17. The van der Waals surface area contributed by atoms with Crippen LogP contribution in [0.25, 0.3) is 43.1 Å². The van der Waals surface area contributed by atoms with E-state index in [1.807, 2.05) is 174 Å². The Morgan fingerprint density at radius 2 is 0.568 bits per heavy atom. The van der Waals surface area contributed by atoms with Gasteiger partial charge >= 0.3 is 0 Å². The van der Waals surface area contributed by atoms with Crippen molar-refractivity contribution in [1.82, 2.24) is 19.6 Å². The number of hydrogen-bond acceptors (Lipinski definition) is 4. The Bertz CT molecular complexity index is 4660. The molecule has 8 rings (SSSR count). The third-order valence-electron chi connectivity index (χ3n) is 12.0. The maximum atomic E-state index is 8.62. The monoisotopic (exact) mass is 1180 g/mol. The second-order valence-corrected chi connectivity index (χ2v) is 24.8. The van der Waals surface area contributed by atoms with Crippen LogP contribution in [0.1, 0.15) is 130 Å². The van der Waals surface area contributed by atoms with Crippen molar-refractivity contribution in [2.24, 2.45) is 21.7 Å². The van der Waals surface area contributed by atoms with Crippen LogP contribution in [0.5, 0.6) is 0 Å². The molecule has 0 saturated carbocycles. The molecular weight excluding hydrogens is 1060 g/mol. The molecule has 8 aromatic rings. The second-order valence-electron chi connectivity index (χ2n) is 24.8. The summed E-state index contributed by atoms with van der Waals surface area (Å²) in [5, 5.41) is 7.23. The highest BCUT2D eigenvalue weighted by atomic mass is 15.1. The van der Waals surface area contributed by atoms with Gasteiger partial charge in [0.2, 0.25) is 0 Å². The fourth-order valence-corrected chi connectivity index (χ4v) is 8.14. The molecule has 0 spiro atoms. The Hall–Kier alpha value is -8.16. The number of hydrogen-bond donors (Lipinski definition) is 0. The summed E-state index contributed by atoms with van der Waals surface area (Å²) in [6.45, 7) is 5.54. The Labute approximate surface area is 558 Å². The van der Waals surface area contributed by atoms with Gasteiger partial charge in [-0.15, -0.1) is 0 Å². The summed E-state index contributed by atoms with van der Waals surface area (Å²) < 4.78 is 148. The molecule has 88 heavy (non-hydrogen) atoms. The molecule has 456 valence electrons. The predicted molar refractivity (Wildman–Crippen MR) is 387 cm³/mol. The molecule has 4 nitrogen and oxygen atoms in total. The van der Waals surface area contributed by atoms with Gasteiger partial charge in [0, 0.05) is 98.4 Å². The third kappa shape index (κ3) is 28.1. The van der Waals surface area contributed by atoms with E-state index in [0.717, 1.165) is 53.9 Å². The van der Waals surface area contributed by atoms with E-state index in [-0.39, 0.29) is 38.7 Å². The zero-order valence-corrected chi connectivity index (χ0v) is 54.0. The van der Waals surface area contributed by atoms with E-state index in [0.29, 0.717) is 17.5 Å². The van der Waals surface area contributed by atoms with Gasteiger partial charge in [-0.25, -0.2) is 0 Å². The van der Waals surface area contributed by atoms with Crippen LogP contribution in [-0.2, 0) is 26.1 Å². The smallest absolute Gasteiger partial charge is 0.0481 e. The topological polar surface area (TPSA) is 13.0 Å². The first-order chi connectivity index (χ1) is 48.7. The quantitative estimate of drug-likeness (QED) is 0.0894. The van der Waals surface area contributed by atoms with Gasteiger partial charge in [-0.05, 0) is 201 Å². The van der Waals surface area contributed by atoms with Crippen molar-refractivity contribution in [3.8, 4) is 47.4 Å². The molecule has 4 heteroatoms. The summed E-state index contributed by atoms with van der Waals surface area (Å²) in [5.74, 6) is 23.3. The fourth-order valence-electron chi connectivity index (χ4n) is 8.14. The summed E-state index contributed by atoms with van der Waals surface area (Å²) >= 11 is 0. The highest BCUT2D eigenvalue weighted by molar-refractivity contribution is 5.88. The van der Waals surface area contributed by atoms with Gasteiger partial charge < -0.3 is 0 Å². The summed E-state index contributed by atoms with van der Waals surface area (Å²) in [4.78, 5) is 3.96. The molecule has 0 aliphatic carbocycles. The van der Waals surface area contributed by atoms with Crippen molar-refractivity contribution in [3.63, 3.8) is 0 Å². The Morgan fingerprint density at radius 1 is 0.318 bits per heavy atom. The minimum absolute atomic E-state index is 0.0398. The van der Waals surface area contributed by atoms with Crippen molar-refractivity contribution >= 4 is 43.1 Å². The van der Waals surface area contributed by atoms with Crippen LogP contribution in [0.4, 0.5) is 0 Å². The predicted octanol–water partition coefficient (Wildman–Crippen LogP) is 19.5. The second kappa shape index (κ2) is 35.6. The van der Waals surface area contributed by atoms with Crippen molar-refractivity contribution < 1.29 is 24.7 Å². The molecule has 0 fully saturated rings. The van der Waals surface area contributed by atoms with Gasteiger partial charge in [0.1, 0.15) is 0 Å². The standard InChI is InChI=1S/4C21H25N/c4*1-21(2,3)15-8-5-9-16-22(4)17-19-13-10-12-18-11-6-7-14-20(18)19/h4*5-7,9-14H,16-17H2,1-4H3/b4*9-5+/i4D3,16D2,17D2;16D2,17D2;4D3,16D2;16D2. The molecule has 8 aromatic carbocycles. The average molecular weight is 1180 g/mol. The number of nitrogens with zero attached hydrogens (tertiary/aromatic N) is 4. The van der Waals surface area contributed by atoms with E-state index in [2.05, 4.69) is 71.6 Å². The van der Waals surface area contributed by atoms with Crippen molar-refractivity contribution in [2.45, 2.75) is 109 Å². The number of fused-ring (bicyclic) bond motifs is 4. The van der Waals surface area contributed by atoms with E-state index in [4.69, 9.17) is 24.7 Å². The van der Waals surface area contributed by atoms with Crippen LogP contribution in [0, 0.1) is 69.0 Å². The van der Waals surface area contributed by atoms with Crippen molar-refractivity contribution in [2.75, 3.05) is 54.0 Å². The highest BCUT2D eigenvalue weighted by Gasteiger charge is 2.09. The Balaban J connectivity index is 0.000000254. The molecule has 0 amide bonds. The largest absolute Gasteiger partial charge is 0.298 e. The van der Waals surface area contributed by atoms with Crippen molar-refractivity contribution in [1.29, 1.82) is 0 Å². The molecule has 0 aromatic heterocycles. The minimum atomic E-state index is -3.04. The SMILES string of the molecule is [2H]C([2H])(/C=C/C#CC(C)(C)C)N(C)C([2H])([2H])c1cccc2ccccc12.[2H]C([2H])(/C=C/C#CC(C)(C)C)N(C)Cc1cccc2ccccc12.[2H]C([2H])([2H])N(C([2H])([2H])/C=C/C#CC(C)(C)C)C([2H])([2H])c1cccc2ccccc12.[2H]C([2H])([2H])N(Cc1cccc2ccccc12)C([2H])([2H])/C=C/C#CC(C)(C)C. The first kappa shape index (κ1) is 47.8. The van der Waals surface area contributed by atoms with Gasteiger partial charge in [-0.2, -0.15) is 0 Å². The molecule has 0 bridgehead atoms. The van der Waals surface area contributed by atoms with Crippen LogP contribution in [0.3, 0.4) is 0 Å². The van der Waals surface area contributed by atoms with Crippen LogP contribution >= 0.6 is 0 Å². The van der Waals surface area contributed by atoms with E-state index < -0.39 is 52.9 Å². The summed E-state index contributed by atoms with van der Waals surface area (Å²) in [7, 11) is 3.24. The molecule has 0 N–H and O–H groups in total. The maximum Gasteiger partial charge on any atom is 0.0481 e. The molecule has 0 heterocycles. The first-order valence-electron chi connectivity index (χ1n) is 38.5. The summed E-state index contributed by atoms with van der Waals surface area (Å²) in [6, 6.07) is 52.6. The van der Waals surface area contributed by atoms with Gasteiger partial charge in [0.25, 0.3) is 0 Å². The normalized spacial score (nSPS) is 16.2. The maximum absolute atomic E-state index is 8.62. The van der Waals surface area contributed by atoms with E-state index >= 15 is 0 Å². The van der Waals surface area contributed by atoms with Crippen molar-refractivity contribution in [3.05, 3.63) is 241 Å². The van der Waals surface area contributed by atoms with Crippen LogP contribution < -0.4 is 0 Å². The average Bonchev–Trinajstić information content (AvgIpc) is 0.746. The van der Waals surface area contributed by atoms with Gasteiger partial charge in [0.05, 0.1) is 0 Å². The van der Waals surface area contributed by atoms with E-state index in [1.165, 1.54) is 60.3 Å². The van der Waals surface area contributed by atoms with Gasteiger partial charge in [0.15, 0.2) is 0 Å². The fraction of sp³-hybridized carbons (Fsp3) is 0.333. The Morgan fingerprint density at radius 3 is 0.898 bits per heavy atom. The number of benzene rings is 8. The van der Waals surface area contributed by atoms with E-state index in [1.54, 1.807) is 66.6 Å². The third-order valence-corrected chi connectivity index (χ3v) is 12.0. The minimum Gasteiger partial charge on any atom is -0.298 e. The molecule has 0 aliphatic heterocycles. The summed E-state index contributed by atoms with van der Waals surface area (Å²) in [6.07, 6.45) is 10.7. The number of allylic oxidation sites excluding steroid dienone is 4. The molecular formula is C84H100N4. The first-order valence-corrected chi connectivity index (χ1v) is 29.5. The molecule has 0 saturated heterocycles. The van der Waals surface area contributed by atoms with Crippen LogP contribution in [0.2, 0.25) is 0 Å². The van der Waals surface area contributed by atoms with Gasteiger partial charge in [-0.3, -0.25) is 19.6 Å². The zero-order valence-electron chi connectivity index (χ0n) is 72.0. The lowest BCUT2D eigenvalue weighted by Gasteiger charge is -2.15. The molecule has 0 unspecified atom stereocenters. The summed E-state index contributed by atoms with van der Waals surface area (Å²) in [5.41, 5.74) is 1.67. The van der Waals surface area contributed by atoms with E-state index in [9.17, 15) is 0 Å².